The smallest absolute Gasteiger partial charge is 0.312 e. The molecule has 3 aliphatic rings. The third-order valence-corrected chi connectivity index (χ3v) is 6.20. The van der Waals surface area contributed by atoms with Crippen molar-refractivity contribution in [1.29, 1.82) is 0 Å². The predicted molar refractivity (Wildman–Crippen MR) is 99.2 cm³/mol. The lowest BCUT2D eigenvalue weighted by atomic mass is 9.77. The fourth-order valence-electron chi connectivity index (χ4n) is 4.35. The van der Waals surface area contributed by atoms with Crippen LogP contribution in [0.5, 0.6) is 0 Å². The van der Waals surface area contributed by atoms with Crippen LogP contribution in [0.1, 0.15) is 31.9 Å². The van der Waals surface area contributed by atoms with Gasteiger partial charge in [-0.15, -0.1) is 0 Å². The maximum Gasteiger partial charge on any atom is 0.312 e. The van der Waals surface area contributed by atoms with Crippen molar-refractivity contribution in [1.82, 2.24) is 4.90 Å². The van der Waals surface area contributed by atoms with E-state index in [-0.39, 0.29) is 24.0 Å². The fourth-order valence-corrected chi connectivity index (χ4v) is 4.61. The van der Waals surface area contributed by atoms with Crippen molar-refractivity contribution in [3.05, 3.63) is 46.5 Å². The largest absolute Gasteiger partial charge is 0.465 e. The third-order valence-electron chi connectivity index (χ3n) is 5.67. The number of benzene rings is 1. The summed E-state index contributed by atoms with van der Waals surface area (Å²) in [5.41, 5.74) is 0.364. The lowest BCUT2D eigenvalue weighted by Crippen LogP contribution is -2.40. The zero-order valence-electron chi connectivity index (χ0n) is 14.9. The number of hydrogen-bond donors (Lipinski definition) is 0. The van der Waals surface area contributed by atoms with Gasteiger partial charge in [0, 0.05) is 4.47 Å². The Balaban J connectivity index is 1.59. The molecule has 0 saturated carbocycles. The second-order valence-electron chi connectivity index (χ2n) is 7.26. The average molecular weight is 420 g/mol. The van der Waals surface area contributed by atoms with E-state index in [9.17, 15) is 9.59 Å². The molecule has 1 aromatic rings. The standard InChI is InChI=1S/C20H22BrNO4/c1-3-10-25-19(24)16-15-8-9-20(26-15)11-22(18(23)17(16)20)12(2)13-4-6-14(21)7-5-13/h4-9,12,15-17H,3,10-11H2,1-2H3/t12-,15+,16+,17-,20-/m0/s1. The molecule has 1 aromatic carbocycles. The summed E-state index contributed by atoms with van der Waals surface area (Å²) >= 11 is 3.44. The lowest BCUT2D eigenvalue weighted by Gasteiger charge is -2.27. The highest BCUT2D eigenvalue weighted by Gasteiger charge is 2.67. The van der Waals surface area contributed by atoms with Gasteiger partial charge in [0.25, 0.3) is 0 Å². The number of ether oxygens (including phenoxy) is 2. The van der Waals surface area contributed by atoms with Gasteiger partial charge in [0.15, 0.2) is 0 Å². The summed E-state index contributed by atoms with van der Waals surface area (Å²) in [6, 6.07) is 7.87. The van der Waals surface area contributed by atoms with E-state index in [4.69, 9.17) is 9.47 Å². The first-order valence-corrected chi connectivity index (χ1v) is 9.86. The molecule has 0 aliphatic carbocycles. The van der Waals surface area contributed by atoms with E-state index in [0.29, 0.717) is 13.2 Å². The molecule has 26 heavy (non-hydrogen) atoms. The Morgan fingerprint density at radius 2 is 2.15 bits per heavy atom. The van der Waals surface area contributed by atoms with Gasteiger partial charge in [-0.05, 0) is 31.0 Å². The summed E-state index contributed by atoms with van der Waals surface area (Å²) in [7, 11) is 0. The molecule has 5 nitrogen and oxygen atoms in total. The number of esters is 1. The minimum absolute atomic E-state index is 0.0225. The number of hydrogen-bond acceptors (Lipinski definition) is 4. The van der Waals surface area contributed by atoms with Gasteiger partial charge in [-0.1, -0.05) is 47.1 Å². The highest BCUT2D eigenvalue weighted by atomic mass is 79.9. The number of nitrogens with zero attached hydrogens (tertiary/aromatic N) is 1. The highest BCUT2D eigenvalue weighted by Crippen LogP contribution is 2.53. The zero-order chi connectivity index (χ0) is 18.5. The normalized spacial score (nSPS) is 32.8. The molecule has 1 spiro atoms. The summed E-state index contributed by atoms with van der Waals surface area (Å²) < 4.78 is 12.5. The number of carbonyl (C=O) groups excluding carboxylic acids is 2. The number of amides is 1. The summed E-state index contributed by atoms with van der Waals surface area (Å²) in [4.78, 5) is 27.6. The maximum absolute atomic E-state index is 13.2. The molecular weight excluding hydrogens is 398 g/mol. The van der Waals surface area contributed by atoms with Crippen molar-refractivity contribution in [2.24, 2.45) is 11.8 Å². The van der Waals surface area contributed by atoms with Gasteiger partial charge >= 0.3 is 5.97 Å². The number of carbonyl (C=O) groups is 2. The van der Waals surface area contributed by atoms with E-state index in [1.165, 1.54) is 0 Å². The van der Waals surface area contributed by atoms with Crippen molar-refractivity contribution in [2.75, 3.05) is 13.2 Å². The molecule has 0 radical (unpaired) electrons. The number of rotatable bonds is 5. The molecule has 2 fully saturated rings. The molecule has 3 heterocycles. The molecule has 2 bridgehead atoms. The van der Waals surface area contributed by atoms with E-state index in [1.54, 1.807) is 0 Å². The molecule has 138 valence electrons. The van der Waals surface area contributed by atoms with Gasteiger partial charge in [-0.25, -0.2) is 0 Å². The fraction of sp³-hybridized carbons (Fsp3) is 0.500. The number of fused-ring (bicyclic) bond motifs is 1. The van der Waals surface area contributed by atoms with Gasteiger partial charge in [0.1, 0.15) is 11.5 Å². The quantitative estimate of drug-likeness (QED) is 0.542. The Morgan fingerprint density at radius 3 is 2.85 bits per heavy atom. The van der Waals surface area contributed by atoms with Crippen LogP contribution in [0.25, 0.3) is 0 Å². The van der Waals surface area contributed by atoms with E-state index in [1.807, 2.05) is 55.2 Å². The molecule has 0 unspecified atom stereocenters. The summed E-state index contributed by atoms with van der Waals surface area (Å²) in [6.45, 7) is 4.81. The monoisotopic (exact) mass is 419 g/mol. The van der Waals surface area contributed by atoms with E-state index in [2.05, 4.69) is 15.9 Å². The van der Waals surface area contributed by atoms with E-state index < -0.39 is 17.4 Å². The van der Waals surface area contributed by atoms with Crippen molar-refractivity contribution >= 4 is 27.8 Å². The molecule has 2 saturated heterocycles. The van der Waals surface area contributed by atoms with Crippen LogP contribution in [0.3, 0.4) is 0 Å². The lowest BCUT2D eigenvalue weighted by molar-refractivity contribution is -0.154. The highest BCUT2D eigenvalue weighted by molar-refractivity contribution is 9.10. The topological polar surface area (TPSA) is 55.8 Å². The minimum Gasteiger partial charge on any atom is -0.465 e. The number of halogens is 1. The second kappa shape index (κ2) is 6.50. The Kier molecular flexibility index (Phi) is 4.43. The maximum atomic E-state index is 13.2. The van der Waals surface area contributed by atoms with Gasteiger partial charge in [-0.2, -0.15) is 0 Å². The van der Waals surface area contributed by atoms with Crippen LogP contribution in [0.4, 0.5) is 0 Å². The van der Waals surface area contributed by atoms with Crippen molar-refractivity contribution in [2.45, 2.75) is 38.0 Å². The Morgan fingerprint density at radius 1 is 1.42 bits per heavy atom. The molecular formula is C20H22BrNO4. The molecule has 1 amide bonds. The molecule has 0 aromatic heterocycles. The SMILES string of the molecule is CCCOC(=O)[C@H]1[C@H]2C(=O)N([C@@H](C)c3ccc(Br)cc3)C[C@@]23C=C[C@H]1O3. The first-order chi connectivity index (χ1) is 12.5. The molecule has 6 heteroatoms. The third kappa shape index (κ3) is 2.62. The molecule has 0 N–H and O–H groups in total. The molecule has 5 atom stereocenters. The van der Waals surface area contributed by atoms with Crippen LogP contribution in [-0.2, 0) is 19.1 Å². The van der Waals surface area contributed by atoms with Crippen LogP contribution < -0.4 is 0 Å². The van der Waals surface area contributed by atoms with Crippen LogP contribution in [0, 0.1) is 11.8 Å². The van der Waals surface area contributed by atoms with E-state index in [0.717, 1.165) is 16.5 Å². The molecule has 4 rings (SSSR count). The van der Waals surface area contributed by atoms with Crippen LogP contribution in [0.15, 0.2) is 40.9 Å². The van der Waals surface area contributed by atoms with Crippen LogP contribution in [-0.4, -0.2) is 41.6 Å². The zero-order valence-corrected chi connectivity index (χ0v) is 16.4. The summed E-state index contributed by atoms with van der Waals surface area (Å²) in [5.74, 6) is -1.37. The predicted octanol–water partition coefficient (Wildman–Crippen LogP) is 3.25. The van der Waals surface area contributed by atoms with Crippen molar-refractivity contribution in [3.63, 3.8) is 0 Å². The van der Waals surface area contributed by atoms with Crippen LogP contribution >= 0.6 is 15.9 Å². The summed E-state index contributed by atoms with van der Waals surface area (Å²) in [6.07, 6.45) is 4.29. The average Bonchev–Trinajstić information content (AvgIpc) is 3.28. The second-order valence-corrected chi connectivity index (χ2v) is 8.18. The van der Waals surface area contributed by atoms with Gasteiger partial charge in [-0.3, -0.25) is 9.59 Å². The Bertz CT molecular complexity index is 762. The Labute approximate surface area is 161 Å². The minimum atomic E-state index is -0.693. The van der Waals surface area contributed by atoms with Crippen molar-refractivity contribution in [3.8, 4) is 0 Å². The summed E-state index contributed by atoms with van der Waals surface area (Å²) in [5, 5.41) is 0. The van der Waals surface area contributed by atoms with Crippen LogP contribution in [0.2, 0.25) is 0 Å². The first-order valence-electron chi connectivity index (χ1n) is 9.06. The van der Waals surface area contributed by atoms with Gasteiger partial charge in [0.05, 0.1) is 31.2 Å². The Hall–Kier alpha value is -1.66. The van der Waals surface area contributed by atoms with E-state index >= 15 is 0 Å². The number of likely N-dealkylation sites (tertiary alicyclic amines) is 1. The van der Waals surface area contributed by atoms with Crippen molar-refractivity contribution < 1.29 is 19.1 Å². The van der Waals surface area contributed by atoms with Gasteiger partial charge in [0.2, 0.25) is 5.91 Å². The molecule has 3 aliphatic heterocycles. The van der Waals surface area contributed by atoms with Gasteiger partial charge < -0.3 is 14.4 Å². The first kappa shape index (κ1) is 17.7.